The molecule has 1 aromatic carbocycles. The monoisotopic (exact) mass is 474 g/mol. The summed E-state index contributed by atoms with van der Waals surface area (Å²) in [6, 6.07) is 7.38. The summed E-state index contributed by atoms with van der Waals surface area (Å²) in [5, 5.41) is 18.7. The molecule has 1 aliphatic heterocycles. The van der Waals surface area contributed by atoms with Gasteiger partial charge in [-0.25, -0.2) is 9.97 Å². The molecule has 0 amide bonds. The Bertz CT molecular complexity index is 1200. The van der Waals surface area contributed by atoms with Crippen LogP contribution in [0.4, 0.5) is 13.2 Å². The zero-order chi connectivity index (χ0) is 24.3. The van der Waals surface area contributed by atoms with E-state index < -0.39 is 11.7 Å². The summed E-state index contributed by atoms with van der Waals surface area (Å²) in [4.78, 5) is 16.4. The van der Waals surface area contributed by atoms with Gasteiger partial charge in [0.15, 0.2) is 5.69 Å². The number of aromatic nitrogens is 3. The standard InChI is InChI=1S/C23H25F3N6O2/c1-2-34-20-4-3-15(11-16(20)23(24,25)26)17-12-18-22(19(13-27)28-17)30-21(29-18)14-32-7-5-31(6-8-32)9-10-33/h3-4,11-12,33H,2,5-10,14H2,1H3,(H,29,30). The highest BCUT2D eigenvalue weighted by molar-refractivity contribution is 5.84. The summed E-state index contributed by atoms with van der Waals surface area (Å²) in [6.45, 7) is 6.38. The fraction of sp³-hybridized carbons (Fsp3) is 0.435. The van der Waals surface area contributed by atoms with E-state index in [0.29, 0.717) is 29.9 Å². The van der Waals surface area contributed by atoms with Crippen molar-refractivity contribution < 1.29 is 23.0 Å². The van der Waals surface area contributed by atoms with E-state index in [1.807, 2.05) is 6.07 Å². The van der Waals surface area contributed by atoms with Gasteiger partial charge in [0.2, 0.25) is 0 Å². The lowest BCUT2D eigenvalue weighted by atomic mass is 10.1. The van der Waals surface area contributed by atoms with E-state index in [1.54, 1.807) is 13.0 Å². The third-order valence-corrected chi connectivity index (χ3v) is 5.76. The number of fused-ring (bicyclic) bond motifs is 1. The van der Waals surface area contributed by atoms with Crippen molar-refractivity contribution in [2.75, 3.05) is 45.9 Å². The maximum Gasteiger partial charge on any atom is 0.419 e. The first kappa shape index (κ1) is 23.9. The van der Waals surface area contributed by atoms with Gasteiger partial charge in [-0.15, -0.1) is 0 Å². The summed E-state index contributed by atoms with van der Waals surface area (Å²) in [5.74, 6) is 0.409. The molecule has 0 bridgehead atoms. The van der Waals surface area contributed by atoms with Gasteiger partial charge in [0, 0.05) is 38.3 Å². The number of nitrogens with one attached hydrogen (secondary N) is 1. The second-order valence-electron chi connectivity index (χ2n) is 8.03. The van der Waals surface area contributed by atoms with E-state index in [4.69, 9.17) is 9.84 Å². The first-order valence-corrected chi connectivity index (χ1v) is 11.0. The number of alkyl halides is 3. The molecule has 11 heteroatoms. The van der Waals surface area contributed by atoms with E-state index in [0.717, 1.165) is 32.2 Å². The Hall–Kier alpha value is -3.20. The fourth-order valence-electron chi connectivity index (χ4n) is 4.08. The zero-order valence-electron chi connectivity index (χ0n) is 18.7. The quantitative estimate of drug-likeness (QED) is 0.543. The van der Waals surface area contributed by atoms with Gasteiger partial charge in [-0.3, -0.25) is 9.80 Å². The van der Waals surface area contributed by atoms with Crippen LogP contribution in [0, 0.1) is 11.3 Å². The number of aromatic amines is 1. The number of ether oxygens (including phenoxy) is 1. The second kappa shape index (κ2) is 9.97. The first-order valence-electron chi connectivity index (χ1n) is 11.0. The van der Waals surface area contributed by atoms with Crippen molar-refractivity contribution in [1.29, 1.82) is 5.26 Å². The molecule has 0 radical (unpaired) electrons. The number of aliphatic hydroxyl groups is 1. The van der Waals surface area contributed by atoms with Crippen molar-refractivity contribution in [3.63, 3.8) is 0 Å². The largest absolute Gasteiger partial charge is 0.493 e. The van der Waals surface area contributed by atoms with Crippen LogP contribution in [-0.4, -0.2) is 75.8 Å². The first-order chi connectivity index (χ1) is 16.3. The van der Waals surface area contributed by atoms with Crippen molar-refractivity contribution in [3.8, 4) is 23.1 Å². The Morgan fingerprint density at radius 1 is 1.15 bits per heavy atom. The number of benzene rings is 1. The normalized spacial score (nSPS) is 15.5. The maximum atomic E-state index is 13.6. The minimum Gasteiger partial charge on any atom is -0.493 e. The molecule has 2 N–H and O–H groups in total. The highest BCUT2D eigenvalue weighted by Crippen LogP contribution is 2.39. The number of pyridine rings is 1. The molecule has 3 heterocycles. The number of piperazine rings is 1. The summed E-state index contributed by atoms with van der Waals surface area (Å²) in [5.41, 5.74) is 0.555. The van der Waals surface area contributed by atoms with E-state index in [1.165, 1.54) is 12.1 Å². The SMILES string of the molecule is CCOc1ccc(-c2cc3[nH]c(CN4CCN(CCO)CC4)nc3c(C#N)n2)cc1C(F)(F)F. The lowest BCUT2D eigenvalue weighted by molar-refractivity contribution is -0.138. The molecule has 1 aliphatic rings. The number of nitrogens with zero attached hydrogens (tertiary/aromatic N) is 5. The predicted octanol–water partition coefficient (Wildman–Crippen LogP) is 3.02. The molecule has 0 atom stereocenters. The van der Waals surface area contributed by atoms with Gasteiger partial charge in [0.05, 0.1) is 36.5 Å². The van der Waals surface area contributed by atoms with Gasteiger partial charge in [0.1, 0.15) is 23.2 Å². The molecule has 1 fully saturated rings. The molecular weight excluding hydrogens is 449 g/mol. The maximum absolute atomic E-state index is 13.6. The Morgan fingerprint density at radius 2 is 1.88 bits per heavy atom. The molecule has 1 saturated heterocycles. The molecular formula is C23H25F3N6O2. The molecule has 0 aliphatic carbocycles. The number of nitriles is 1. The third kappa shape index (κ3) is 5.14. The number of β-amino-alcohol motifs (C(OH)–C–C–N with tert-alkyl or cyclic N) is 1. The third-order valence-electron chi connectivity index (χ3n) is 5.76. The number of hydrogen-bond donors (Lipinski definition) is 2. The Morgan fingerprint density at radius 3 is 2.53 bits per heavy atom. The number of halogens is 3. The number of imidazole rings is 1. The predicted molar refractivity (Wildman–Crippen MR) is 119 cm³/mol. The number of aliphatic hydroxyl groups excluding tert-OH is 1. The molecule has 3 aromatic rings. The van der Waals surface area contributed by atoms with Crippen LogP contribution >= 0.6 is 0 Å². The van der Waals surface area contributed by atoms with Crippen LogP contribution in [0.15, 0.2) is 24.3 Å². The van der Waals surface area contributed by atoms with Gasteiger partial charge in [-0.05, 0) is 31.2 Å². The molecule has 180 valence electrons. The summed E-state index contributed by atoms with van der Waals surface area (Å²) in [6.07, 6.45) is -4.59. The van der Waals surface area contributed by atoms with Gasteiger partial charge < -0.3 is 14.8 Å². The lowest BCUT2D eigenvalue weighted by Crippen LogP contribution is -2.46. The fourth-order valence-corrected chi connectivity index (χ4v) is 4.08. The Labute approximate surface area is 194 Å². The molecule has 4 rings (SSSR count). The van der Waals surface area contributed by atoms with Gasteiger partial charge in [0.25, 0.3) is 0 Å². The smallest absolute Gasteiger partial charge is 0.419 e. The average Bonchev–Trinajstić information content (AvgIpc) is 3.22. The Kier molecular flexibility index (Phi) is 7.02. The number of hydrogen-bond acceptors (Lipinski definition) is 7. The number of H-pyrrole nitrogens is 1. The molecule has 8 nitrogen and oxygen atoms in total. The van der Waals surface area contributed by atoms with Gasteiger partial charge >= 0.3 is 6.18 Å². The molecule has 0 saturated carbocycles. The van der Waals surface area contributed by atoms with Crippen LogP contribution < -0.4 is 4.74 Å². The second-order valence-corrected chi connectivity index (χ2v) is 8.03. The van der Waals surface area contributed by atoms with Crippen LogP contribution in [0.5, 0.6) is 5.75 Å². The van der Waals surface area contributed by atoms with Crippen molar-refractivity contribution in [3.05, 3.63) is 41.3 Å². The van der Waals surface area contributed by atoms with Crippen LogP contribution in [0.3, 0.4) is 0 Å². The van der Waals surface area contributed by atoms with Crippen LogP contribution in [0.1, 0.15) is 24.0 Å². The minimum absolute atomic E-state index is 0.0465. The van der Waals surface area contributed by atoms with Crippen LogP contribution in [-0.2, 0) is 12.7 Å². The van der Waals surface area contributed by atoms with E-state index in [9.17, 15) is 18.4 Å². The molecule has 2 aromatic heterocycles. The van der Waals surface area contributed by atoms with E-state index in [2.05, 4.69) is 24.8 Å². The summed E-state index contributed by atoms with van der Waals surface area (Å²) >= 11 is 0. The van der Waals surface area contributed by atoms with Crippen molar-refractivity contribution in [2.45, 2.75) is 19.6 Å². The highest BCUT2D eigenvalue weighted by atomic mass is 19.4. The molecule has 0 spiro atoms. The highest BCUT2D eigenvalue weighted by Gasteiger charge is 2.35. The number of rotatable bonds is 7. The average molecular weight is 474 g/mol. The van der Waals surface area contributed by atoms with Gasteiger partial charge in [-0.2, -0.15) is 18.4 Å². The van der Waals surface area contributed by atoms with Crippen molar-refractivity contribution in [1.82, 2.24) is 24.8 Å². The van der Waals surface area contributed by atoms with Crippen LogP contribution in [0.2, 0.25) is 0 Å². The molecule has 0 unspecified atom stereocenters. The molecule has 34 heavy (non-hydrogen) atoms. The minimum atomic E-state index is -4.59. The summed E-state index contributed by atoms with van der Waals surface area (Å²) < 4.78 is 45.8. The summed E-state index contributed by atoms with van der Waals surface area (Å²) in [7, 11) is 0. The van der Waals surface area contributed by atoms with Gasteiger partial charge in [-0.1, -0.05) is 0 Å². The lowest BCUT2D eigenvalue weighted by Gasteiger charge is -2.33. The van der Waals surface area contributed by atoms with Crippen molar-refractivity contribution >= 4 is 11.0 Å². The Balaban J connectivity index is 1.63. The topological polar surface area (TPSA) is 101 Å². The van der Waals surface area contributed by atoms with E-state index in [-0.39, 0.29) is 35.9 Å². The van der Waals surface area contributed by atoms with E-state index >= 15 is 0 Å². The van der Waals surface area contributed by atoms with Crippen molar-refractivity contribution in [2.24, 2.45) is 0 Å². The van der Waals surface area contributed by atoms with Crippen LogP contribution in [0.25, 0.3) is 22.3 Å². The zero-order valence-corrected chi connectivity index (χ0v) is 18.7.